The van der Waals surface area contributed by atoms with Crippen molar-refractivity contribution in [1.82, 2.24) is 9.97 Å². The summed E-state index contributed by atoms with van der Waals surface area (Å²) in [6.45, 7) is 4.88. The van der Waals surface area contributed by atoms with E-state index < -0.39 is 5.92 Å². The molecule has 0 fully saturated rings. The van der Waals surface area contributed by atoms with Crippen molar-refractivity contribution in [2.75, 3.05) is 36.2 Å². The predicted molar refractivity (Wildman–Crippen MR) is 110 cm³/mol. The van der Waals surface area contributed by atoms with Crippen LogP contribution in [0.15, 0.2) is 23.0 Å². The fraction of sp³-hybridized carbons (Fsp3) is 0.400. The lowest BCUT2D eigenvalue weighted by Crippen LogP contribution is -2.37. The lowest BCUT2D eigenvalue weighted by molar-refractivity contribution is -0.125. The van der Waals surface area contributed by atoms with Gasteiger partial charge in [0.05, 0.1) is 18.1 Å². The van der Waals surface area contributed by atoms with Gasteiger partial charge in [0.15, 0.2) is 0 Å². The number of aromatic nitrogens is 2. The molecule has 0 radical (unpaired) electrons. The van der Waals surface area contributed by atoms with Crippen LogP contribution in [0.5, 0.6) is 0 Å². The summed E-state index contributed by atoms with van der Waals surface area (Å²) in [7, 11) is 1.57. The molecule has 2 heterocycles. The third-order valence-electron chi connectivity index (χ3n) is 4.90. The van der Waals surface area contributed by atoms with E-state index in [1.54, 1.807) is 7.11 Å². The first-order valence-electron chi connectivity index (χ1n) is 9.41. The first-order chi connectivity index (χ1) is 13.9. The Labute approximate surface area is 168 Å². The lowest BCUT2D eigenvalue weighted by atomic mass is 9.92. The highest BCUT2D eigenvalue weighted by Gasteiger charge is 2.31. The van der Waals surface area contributed by atoms with Gasteiger partial charge >= 0.3 is 0 Å². The number of nitrogens with zero attached hydrogens (tertiary/aromatic N) is 1. The Morgan fingerprint density at radius 2 is 2.07 bits per heavy atom. The molecular weight excluding hydrogens is 374 g/mol. The number of benzene rings is 1. The fourth-order valence-electron chi connectivity index (χ4n) is 3.12. The van der Waals surface area contributed by atoms with E-state index in [0.29, 0.717) is 24.4 Å². The Bertz CT molecular complexity index is 985. The summed E-state index contributed by atoms with van der Waals surface area (Å²) < 4.78 is 4.94. The zero-order valence-corrected chi connectivity index (χ0v) is 16.7. The molecule has 9 heteroatoms. The van der Waals surface area contributed by atoms with Crippen LogP contribution in [0.25, 0.3) is 0 Å². The first kappa shape index (κ1) is 20.5. The number of H-pyrrole nitrogens is 1. The lowest BCUT2D eigenvalue weighted by Gasteiger charge is -2.23. The van der Waals surface area contributed by atoms with Gasteiger partial charge in [0.2, 0.25) is 17.8 Å². The van der Waals surface area contributed by atoms with Crippen molar-refractivity contribution in [3.8, 4) is 0 Å². The summed E-state index contributed by atoms with van der Waals surface area (Å²) >= 11 is 0. The molecule has 1 aliphatic heterocycles. The summed E-state index contributed by atoms with van der Waals surface area (Å²) in [6.07, 6.45) is 0.133. The monoisotopic (exact) mass is 399 g/mol. The number of ether oxygens (including phenoxy) is 1. The number of aryl methyl sites for hydroxylation is 2. The summed E-state index contributed by atoms with van der Waals surface area (Å²) in [5.74, 6) is -0.751. The van der Waals surface area contributed by atoms with Crippen LogP contribution < -0.4 is 21.5 Å². The van der Waals surface area contributed by atoms with Crippen molar-refractivity contribution in [3.05, 3.63) is 45.2 Å². The molecule has 29 heavy (non-hydrogen) atoms. The predicted octanol–water partition coefficient (Wildman–Crippen LogP) is 1.58. The van der Waals surface area contributed by atoms with E-state index in [-0.39, 0.29) is 42.0 Å². The van der Waals surface area contributed by atoms with E-state index in [1.165, 1.54) is 0 Å². The maximum absolute atomic E-state index is 12.4. The van der Waals surface area contributed by atoms with Gasteiger partial charge in [-0.1, -0.05) is 6.07 Å². The molecule has 0 aliphatic carbocycles. The van der Waals surface area contributed by atoms with E-state index in [4.69, 9.17) is 4.74 Å². The third kappa shape index (κ3) is 5.00. The molecule has 1 aromatic carbocycles. The Hall–Kier alpha value is -3.20. The standard InChI is InChI=1S/C20H25N5O4/c1-11-4-5-14(8-12(11)2)22-16(26)10-13-9-15-17(23-18(13)27)24-20(25-19(15)28)21-6-7-29-3/h4-5,8,13H,6-7,9-10H2,1-3H3,(H,22,26)(H3,21,23,24,25,27,28)/t13-/m1/s1. The zero-order valence-electron chi connectivity index (χ0n) is 16.7. The molecular formula is C20H25N5O4. The maximum Gasteiger partial charge on any atom is 0.257 e. The van der Waals surface area contributed by atoms with Gasteiger partial charge < -0.3 is 20.7 Å². The summed E-state index contributed by atoms with van der Waals surface area (Å²) in [5, 5.41) is 8.38. The van der Waals surface area contributed by atoms with Gasteiger partial charge in [0.1, 0.15) is 5.82 Å². The van der Waals surface area contributed by atoms with Crippen molar-refractivity contribution >= 4 is 29.3 Å². The molecule has 9 nitrogen and oxygen atoms in total. The van der Waals surface area contributed by atoms with Crippen LogP contribution in [0.1, 0.15) is 23.1 Å². The smallest absolute Gasteiger partial charge is 0.257 e. The van der Waals surface area contributed by atoms with Crippen LogP contribution >= 0.6 is 0 Å². The number of rotatable bonds is 7. The highest BCUT2D eigenvalue weighted by Crippen LogP contribution is 2.24. The van der Waals surface area contributed by atoms with Crippen LogP contribution in [0, 0.1) is 19.8 Å². The largest absolute Gasteiger partial charge is 0.383 e. The average Bonchev–Trinajstić information content (AvgIpc) is 2.66. The second kappa shape index (κ2) is 8.87. The molecule has 154 valence electrons. The first-order valence-corrected chi connectivity index (χ1v) is 9.41. The Balaban J connectivity index is 1.67. The number of hydrogen-bond acceptors (Lipinski definition) is 6. The van der Waals surface area contributed by atoms with Crippen LogP contribution in [0.3, 0.4) is 0 Å². The van der Waals surface area contributed by atoms with E-state index in [1.807, 2.05) is 32.0 Å². The number of anilines is 3. The summed E-state index contributed by atoms with van der Waals surface area (Å²) in [6, 6.07) is 5.64. The van der Waals surface area contributed by atoms with Gasteiger partial charge in [-0.15, -0.1) is 0 Å². The van der Waals surface area contributed by atoms with E-state index in [2.05, 4.69) is 25.9 Å². The molecule has 1 aromatic heterocycles. The molecule has 2 aromatic rings. The summed E-state index contributed by atoms with van der Waals surface area (Å²) in [5.41, 5.74) is 2.91. The van der Waals surface area contributed by atoms with E-state index in [0.717, 1.165) is 11.1 Å². The molecule has 0 saturated carbocycles. The van der Waals surface area contributed by atoms with Gasteiger partial charge in [0, 0.05) is 25.8 Å². The van der Waals surface area contributed by atoms with E-state index >= 15 is 0 Å². The summed E-state index contributed by atoms with van der Waals surface area (Å²) in [4.78, 5) is 44.1. The molecule has 1 aliphatic rings. The number of amides is 2. The Kier molecular flexibility index (Phi) is 6.28. The van der Waals surface area contributed by atoms with Gasteiger partial charge in [-0.3, -0.25) is 19.4 Å². The quantitative estimate of drug-likeness (QED) is 0.524. The van der Waals surface area contributed by atoms with Gasteiger partial charge in [0.25, 0.3) is 5.56 Å². The molecule has 2 amide bonds. The Morgan fingerprint density at radius 3 is 2.79 bits per heavy atom. The normalized spacial score (nSPS) is 15.4. The zero-order chi connectivity index (χ0) is 21.0. The number of nitrogens with one attached hydrogen (secondary N) is 4. The molecule has 0 spiro atoms. The molecule has 0 unspecified atom stereocenters. The average molecular weight is 399 g/mol. The van der Waals surface area contributed by atoms with Crippen molar-refractivity contribution in [3.63, 3.8) is 0 Å². The number of methoxy groups -OCH3 is 1. The second-order valence-electron chi connectivity index (χ2n) is 7.10. The maximum atomic E-state index is 12.4. The van der Waals surface area contributed by atoms with Crippen molar-refractivity contribution in [2.24, 2.45) is 5.92 Å². The minimum absolute atomic E-state index is 0.0223. The van der Waals surface area contributed by atoms with Crippen LogP contribution in [-0.2, 0) is 20.7 Å². The Morgan fingerprint density at radius 1 is 1.28 bits per heavy atom. The van der Waals surface area contributed by atoms with Gasteiger partial charge in [-0.05, 0) is 43.5 Å². The number of carbonyl (C=O) groups excluding carboxylic acids is 2. The second-order valence-corrected chi connectivity index (χ2v) is 7.10. The molecule has 3 rings (SSSR count). The van der Waals surface area contributed by atoms with Crippen molar-refractivity contribution in [2.45, 2.75) is 26.7 Å². The molecule has 0 saturated heterocycles. The minimum atomic E-state index is -0.635. The molecule has 0 bridgehead atoms. The molecule has 1 atom stereocenters. The van der Waals surface area contributed by atoms with Crippen LogP contribution in [-0.4, -0.2) is 42.0 Å². The third-order valence-corrected chi connectivity index (χ3v) is 4.90. The minimum Gasteiger partial charge on any atom is -0.383 e. The van der Waals surface area contributed by atoms with Gasteiger partial charge in [-0.2, -0.15) is 4.98 Å². The van der Waals surface area contributed by atoms with Gasteiger partial charge in [-0.25, -0.2) is 0 Å². The van der Waals surface area contributed by atoms with Crippen molar-refractivity contribution < 1.29 is 14.3 Å². The van der Waals surface area contributed by atoms with Crippen LogP contribution in [0.4, 0.5) is 17.5 Å². The molecule has 4 N–H and O–H groups in total. The topological polar surface area (TPSA) is 125 Å². The highest BCUT2D eigenvalue weighted by atomic mass is 16.5. The van der Waals surface area contributed by atoms with E-state index in [9.17, 15) is 14.4 Å². The number of carbonyl (C=O) groups is 2. The van der Waals surface area contributed by atoms with Crippen LogP contribution in [0.2, 0.25) is 0 Å². The number of hydrogen-bond donors (Lipinski definition) is 4. The number of fused-ring (bicyclic) bond motifs is 1. The SMILES string of the molecule is COCCNc1nc2c(c(=O)[nH]1)C[C@H](CC(=O)Nc1ccc(C)c(C)c1)C(=O)N2. The highest BCUT2D eigenvalue weighted by molar-refractivity contribution is 5.99. The van der Waals surface area contributed by atoms with Crippen molar-refractivity contribution in [1.29, 1.82) is 0 Å². The fourth-order valence-corrected chi connectivity index (χ4v) is 3.12. The number of aromatic amines is 1.